The van der Waals surface area contributed by atoms with E-state index in [2.05, 4.69) is 36.4 Å². The average molecular weight is 397 g/mol. The highest BCUT2D eigenvalue weighted by Crippen LogP contribution is 2.20. The van der Waals surface area contributed by atoms with E-state index in [1.54, 1.807) is 7.11 Å². The third-order valence-electron chi connectivity index (χ3n) is 4.70. The highest BCUT2D eigenvalue weighted by atomic mass is 35.5. The van der Waals surface area contributed by atoms with E-state index < -0.39 is 0 Å². The quantitative estimate of drug-likeness (QED) is 0.281. The zero-order valence-electron chi connectivity index (χ0n) is 16.5. The number of hydrogen-bond acceptors (Lipinski definition) is 2. The second-order valence-electron chi connectivity index (χ2n) is 6.85. The van der Waals surface area contributed by atoms with Crippen molar-refractivity contribution in [2.45, 2.75) is 38.5 Å². The molecule has 0 amide bonds. The minimum absolute atomic E-state index is 0.0406. The van der Waals surface area contributed by atoms with Crippen LogP contribution in [0, 0.1) is 5.92 Å². The van der Waals surface area contributed by atoms with E-state index in [1.165, 1.54) is 5.56 Å². The van der Waals surface area contributed by atoms with Crippen LogP contribution in [0.3, 0.4) is 0 Å². The number of carbonyl (C=O) groups is 1. The Morgan fingerprint density at radius 1 is 0.893 bits per heavy atom. The lowest BCUT2D eigenvalue weighted by atomic mass is 9.96. The fourth-order valence-corrected chi connectivity index (χ4v) is 3.27. The molecular formula is C25H29ClO2. The van der Waals surface area contributed by atoms with Gasteiger partial charge in [0.2, 0.25) is 5.24 Å². The smallest absolute Gasteiger partial charge is 0.224 e. The van der Waals surface area contributed by atoms with Crippen molar-refractivity contribution < 1.29 is 9.53 Å². The molecule has 0 saturated heterocycles. The maximum Gasteiger partial charge on any atom is 0.224 e. The molecule has 1 atom stereocenters. The number of halogens is 1. The van der Waals surface area contributed by atoms with E-state index in [4.69, 9.17) is 16.3 Å². The SMILES string of the molecule is COc1ccc(/C=C/CCCC(CCC/C=C/c2ccccc2)C(=O)Cl)cc1. The Morgan fingerprint density at radius 3 is 1.93 bits per heavy atom. The maximum absolute atomic E-state index is 11.7. The van der Waals surface area contributed by atoms with Gasteiger partial charge in [0.1, 0.15) is 5.75 Å². The number of rotatable bonds is 12. The van der Waals surface area contributed by atoms with Gasteiger partial charge in [0.15, 0.2) is 0 Å². The lowest BCUT2D eigenvalue weighted by Crippen LogP contribution is -2.08. The van der Waals surface area contributed by atoms with E-state index >= 15 is 0 Å². The zero-order chi connectivity index (χ0) is 20.0. The van der Waals surface area contributed by atoms with E-state index in [1.807, 2.05) is 42.5 Å². The molecule has 0 spiro atoms. The molecule has 0 radical (unpaired) electrons. The van der Waals surface area contributed by atoms with Crippen molar-refractivity contribution in [2.75, 3.05) is 7.11 Å². The average Bonchev–Trinajstić information content (AvgIpc) is 2.72. The Labute approximate surface area is 173 Å². The number of methoxy groups -OCH3 is 1. The molecule has 28 heavy (non-hydrogen) atoms. The van der Waals surface area contributed by atoms with Crippen LogP contribution in [0.2, 0.25) is 0 Å². The summed E-state index contributed by atoms with van der Waals surface area (Å²) in [4.78, 5) is 11.7. The number of carbonyl (C=O) groups excluding carboxylic acids is 1. The second-order valence-corrected chi connectivity index (χ2v) is 7.22. The lowest BCUT2D eigenvalue weighted by Gasteiger charge is -2.10. The normalized spacial score (nSPS) is 12.5. The second kappa shape index (κ2) is 13.0. The van der Waals surface area contributed by atoms with Crippen LogP contribution >= 0.6 is 11.6 Å². The van der Waals surface area contributed by atoms with Crippen LogP contribution < -0.4 is 4.74 Å². The molecule has 0 heterocycles. The molecule has 2 rings (SSSR count). The van der Waals surface area contributed by atoms with Crippen molar-refractivity contribution in [3.63, 3.8) is 0 Å². The molecule has 0 bridgehead atoms. The lowest BCUT2D eigenvalue weighted by molar-refractivity contribution is -0.115. The van der Waals surface area contributed by atoms with Crippen LogP contribution in [0.4, 0.5) is 0 Å². The predicted octanol–water partition coefficient (Wildman–Crippen LogP) is 7.14. The predicted molar refractivity (Wildman–Crippen MR) is 120 cm³/mol. The van der Waals surface area contributed by atoms with Crippen LogP contribution in [-0.4, -0.2) is 12.4 Å². The number of unbranched alkanes of at least 4 members (excludes halogenated alkanes) is 2. The van der Waals surface area contributed by atoms with E-state index in [0.717, 1.165) is 49.8 Å². The summed E-state index contributed by atoms with van der Waals surface area (Å²) >= 11 is 5.80. The molecular weight excluding hydrogens is 368 g/mol. The number of ether oxygens (including phenoxy) is 1. The van der Waals surface area contributed by atoms with Gasteiger partial charge in [-0.1, -0.05) is 66.8 Å². The first-order chi connectivity index (χ1) is 13.7. The van der Waals surface area contributed by atoms with Crippen molar-refractivity contribution in [3.8, 4) is 5.75 Å². The van der Waals surface area contributed by atoms with Crippen molar-refractivity contribution in [1.29, 1.82) is 0 Å². The van der Waals surface area contributed by atoms with Crippen LogP contribution in [-0.2, 0) is 4.79 Å². The molecule has 0 aliphatic carbocycles. The minimum atomic E-state index is -0.203. The largest absolute Gasteiger partial charge is 0.497 e. The molecule has 148 valence electrons. The van der Waals surface area contributed by atoms with Gasteiger partial charge < -0.3 is 4.74 Å². The molecule has 1 unspecified atom stereocenters. The zero-order valence-corrected chi connectivity index (χ0v) is 17.3. The Kier molecular flexibility index (Phi) is 10.2. The van der Waals surface area contributed by atoms with Crippen molar-refractivity contribution in [2.24, 2.45) is 5.92 Å². The van der Waals surface area contributed by atoms with Gasteiger partial charge in [-0.2, -0.15) is 0 Å². The van der Waals surface area contributed by atoms with Crippen molar-refractivity contribution >= 4 is 29.0 Å². The van der Waals surface area contributed by atoms with Gasteiger partial charge >= 0.3 is 0 Å². The van der Waals surface area contributed by atoms with Crippen LogP contribution in [0.5, 0.6) is 5.75 Å². The van der Waals surface area contributed by atoms with Crippen molar-refractivity contribution in [3.05, 3.63) is 77.9 Å². The van der Waals surface area contributed by atoms with E-state index in [0.29, 0.717) is 0 Å². The number of allylic oxidation sites excluding steroid dienone is 2. The summed E-state index contributed by atoms with van der Waals surface area (Å²) in [6.07, 6.45) is 14.1. The monoisotopic (exact) mass is 396 g/mol. The first-order valence-corrected chi connectivity index (χ1v) is 10.3. The summed E-state index contributed by atoms with van der Waals surface area (Å²) in [6.45, 7) is 0. The van der Waals surface area contributed by atoms with Gasteiger partial charge in [0.25, 0.3) is 0 Å². The number of benzene rings is 2. The Bertz CT molecular complexity index is 748. The molecule has 2 nitrogen and oxygen atoms in total. The van der Waals surface area contributed by atoms with Crippen LogP contribution in [0.1, 0.15) is 49.7 Å². The first-order valence-electron chi connectivity index (χ1n) is 9.90. The highest BCUT2D eigenvalue weighted by molar-refractivity contribution is 6.63. The third-order valence-corrected chi connectivity index (χ3v) is 5.01. The Balaban J connectivity index is 1.65. The summed E-state index contributed by atoms with van der Waals surface area (Å²) in [5, 5.41) is -0.203. The number of hydrogen-bond donors (Lipinski definition) is 0. The van der Waals surface area contributed by atoms with E-state index in [-0.39, 0.29) is 11.2 Å². The standard InChI is InChI=1S/C25H29ClO2/c1-28-24-19-17-22(18-20-24)14-8-4-10-16-23(25(26)27)15-9-3-7-13-21-11-5-2-6-12-21/h2,5-8,11-14,17-20,23H,3-4,9-10,15-16H2,1H3/b13-7+,14-8+. The molecule has 0 aromatic heterocycles. The van der Waals surface area contributed by atoms with Gasteiger partial charge in [-0.3, -0.25) is 4.79 Å². The summed E-state index contributed by atoms with van der Waals surface area (Å²) in [7, 11) is 1.67. The van der Waals surface area contributed by atoms with Gasteiger partial charge in [-0.05, 0) is 73.4 Å². The topological polar surface area (TPSA) is 26.3 Å². The Morgan fingerprint density at radius 2 is 1.43 bits per heavy atom. The molecule has 0 saturated carbocycles. The summed E-state index contributed by atoms with van der Waals surface area (Å²) in [5.74, 6) is 0.820. The summed E-state index contributed by atoms with van der Waals surface area (Å²) < 4.78 is 5.16. The fourth-order valence-electron chi connectivity index (χ4n) is 3.05. The molecule has 2 aromatic rings. The van der Waals surface area contributed by atoms with Crippen LogP contribution in [0.25, 0.3) is 12.2 Å². The minimum Gasteiger partial charge on any atom is -0.497 e. The van der Waals surface area contributed by atoms with Gasteiger partial charge in [0.05, 0.1) is 7.11 Å². The Hall–Kier alpha value is -2.32. The van der Waals surface area contributed by atoms with E-state index in [9.17, 15) is 4.79 Å². The van der Waals surface area contributed by atoms with Crippen LogP contribution in [0.15, 0.2) is 66.7 Å². The van der Waals surface area contributed by atoms with Crippen molar-refractivity contribution in [1.82, 2.24) is 0 Å². The van der Waals surface area contributed by atoms with Gasteiger partial charge in [-0.25, -0.2) is 0 Å². The fraction of sp³-hybridized carbons (Fsp3) is 0.320. The van der Waals surface area contributed by atoms with Gasteiger partial charge in [-0.15, -0.1) is 0 Å². The molecule has 2 aromatic carbocycles. The maximum atomic E-state index is 11.7. The molecule has 0 aliphatic heterocycles. The summed E-state index contributed by atoms with van der Waals surface area (Å²) in [6, 6.07) is 18.2. The third kappa shape index (κ3) is 8.58. The van der Waals surface area contributed by atoms with Gasteiger partial charge in [0, 0.05) is 5.92 Å². The highest BCUT2D eigenvalue weighted by Gasteiger charge is 2.14. The first kappa shape index (κ1) is 22.0. The molecule has 3 heteroatoms. The molecule has 0 N–H and O–H groups in total. The molecule has 0 fully saturated rings. The summed E-state index contributed by atoms with van der Waals surface area (Å²) in [5.41, 5.74) is 2.35. The molecule has 0 aliphatic rings.